The maximum atomic E-state index is 10.8. The van der Waals surface area contributed by atoms with Crippen LogP contribution < -0.4 is 10.2 Å². The standard InChI is InChI=1S/2C6H8O6.Ca/c2*7-1-2(8)5-3(9)4(10)6(11)12-5;/h2*2,5,7-10H,1H2;/q;;+2/p-2/t2*2-,5+;/m00./s1. The largest absolute Gasteiger partial charge is 2.00 e. The Bertz CT molecular complexity index is 520. The molecular weight excluding hydrogens is 376 g/mol. The maximum Gasteiger partial charge on any atom is 2.00 e. The van der Waals surface area contributed by atoms with Gasteiger partial charge in [-0.3, -0.25) is 0 Å². The van der Waals surface area contributed by atoms with Crippen LogP contribution in [0.4, 0.5) is 0 Å². The van der Waals surface area contributed by atoms with Crippen LogP contribution >= 0.6 is 0 Å². The van der Waals surface area contributed by atoms with Gasteiger partial charge in [-0.2, -0.15) is 0 Å². The summed E-state index contributed by atoms with van der Waals surface area (Å²) in [5, 5.41) is 73.6. The molecule has 0 fully saturated rings. The average Bonchev–Trinajstić information content (AvgIpc) is 2.98. The molecule has 0 unspecified atom stereocenters. The molecule has 0 saturated carbocycles. The second-order valence-electron chi connectivity index (χ2n) is 4.58. The van der Waals surface area contributed by atoms with Gasteiger partial charge in [0.2, 0.25) is 0 Å². The molecule has 0 amide bonds. The Hall–Kier alpha value is -1.28. The summed E-state index contributed by atoms with van der Waals surface area (Å²) in [4.78, 5) is 21.0. The zero-order valence-corrected chi connectivity index (χ0v) is 14.8. The van der Waals surface area contributed by atoms with Crippen molar-refractivity contribution in [1.29, 1.82) is 0 Å². The minimum absolute atomic E-state index is 0. The van der Waals surface area contributed by atoms with Gasteiger partial charge < -0.3 is 50.3 Å². The predicted octanol–water partition coefficient (Wildman–Crippen LogP) is -5.59. The molecule has 0 saturated heterocycles. The van der Waals surface area contributed by atoms with Crippen molar-refractivity contribution in [2.75, 3.05) is 13.2 Å². The Morgan fingerprint density at radius 3 is 1.28 bits per heavy atom. The van der Waals surface area contributed by atoms with E-state index >= 15 is 0 Å². The molecule has 2 aliphatic heterocycles. The number of esters is 2. The Morgan fingerprint density at radius 2 is 1.12 bits per heavy atom. The van der Waals surface area contributed by atoms with Gasteiger partial charge in [0.05, 0.1) is 13.2 Å². The first-order chi connectivity index (χ1) is 11.1. The average molecular weight is 390 g/mol. The van der Waals surface area contributed by atoms with E-state index in [1.807, 2.05) is 0 Å². The molecule has 0 aromatic carbocycles. The summed E-state index contributed by atoms with van der Waals surface area (Å²) < 4.78 is 8.51. The molecule has 2 rings (SSSR count). The summed E-state index contributed by atoms with van der Waals surface area (Å²) in [6, 6.07) is 0. The predicted molar refractivity (Wildman–Crippen MR) is 71.0 cm³/mol. The third kappa shape index (κ3) is 5.34. The van der Waals surface area contributed by atoms with Crippen molar-refractivity contribution in [2.45, 2.75) is 24.4 Å². The van der Waals surface area contributed by atoms with Crippen molar-refractivity contribution in [2.24, 2.45) is 0 Å². The van der Waals surface area contributed by atoms with Crippen LogP contribution in [0.3, 0.4) is 0 Å². The van der Waals surface area contributed by atoms with Gasteiger partial charge >= 0.3 is 49.7 Å². The van der Waals surface area contributed by atoms with Crippen LogP contribution in [-0.2, 0) is 19.1 Å². The summed E-state index contributed by atoms with van der Waals surface area (Å²) >= 11 is 0. The van der Waals surface area contributed by atoms with Gasteiger partial charge in [0.15, 0.2) is 11.5 Å². The van der Waals surface area contributed by atoms with E-state index in [1.165, 1.54) is 0 Å². The second kappa shape index (κ2) is 10.0. The van der Waals surface area contributed by atoms with E-state index in [0.29, 0.717) is 0 Å². The third-order valence-corrected chi connectivity index (χ3v) is 2.91. The summed E-state index contributed by atoms with van der Waals surface area (Å²) in [7, 11) is 0. The normalized spacial score (nSPS) is 24.8. The smallest absolute Gasteiger partial charge is 0.870 e. The van der Waals surface area contributed by atoms with Crippen LogP contribution in [0.2, 0.25) is 0 Å². The molecule has 0 bridgehead atoms. The van der Waals surface area contributed by atoms with E-state index in [9.17, 15) is 19.8 Å². The van der Waals surface area contributed by atoms with Crippen molar-refractivity contribution < 1.29 is 59.9 Å². The van der Waals surface area contributed by atoms with Gasteiger partial charge in [0.25, 0.3) is 0 Å². The van der Waals surface area contributed by atoms with Gasteiger partial charge in [-0.1, -0.05) is 0 Å². The molecule has 0 aromatic heterocycles. The summed E-state index contributed by atoms with van der Waals surface area (Å²) in [5.41, 5.74) is 0. The molecule has 13 heteroatoms. The fraction of sp³-hybridized carbons (Fsp3) is 0.500. The van der Waals surface area contributed by atoms with E-state index in [-0.39, 0.29) is 37.7 Å². The number of carbonyl (C=O) groups is 2. The fourth-order valence-electron chi connectivity index (χ4n) is 1.62. The molecule has 0 spiro atoms. The van der Waals surface area contributed by atoms with E-state index in [0.717, 1.165) is 0 Å². The second-order valence-corrected chi connectivity index (χ2v) is 4.58. The first-order valence-corrected chi connectivity index (χ1v) is 6.35. The summed E-state index contributed by atoms with van der Waals surface area (Å²) in [6.45, 7) is -1.42. The number of carbonyl (C=O) groups excluding carboxylic acids is 2. The topological polar surface area (TPSA) is 220 Å². The van der Waals surface area contributed by atoms with Crippen LogP contribution in [0.25, 0.3) is 0 Å². The van der Waals surface area contributed by atoms with E-state index < -0.39 is 72.6 Å². The van der Waals surface area contributed by atoms with Gasteiger partial charge in [-0.25, -0.2) is 9.59 Å². The van der Waals surface area contributed by atoms with Crippen molar-refractivity contribution in [3.63, 3.8) is 0 Å². The van der Waals surface area contributed by atoms with Crippen LogP contribution in [0.15, 0.2) is 23.0 Å². The van der Waals surface area contributed by atoms with Crippen molar-refractivity contribution in [1.82, 2.24) is 0 Å². The molecule has 0 aliphatic carbocycles. The maximum absolute atomic E-state index is 10.8. The zero-order chi connectivity index (χ0) is 18.6. The first-order valence-electron chi connectivity index (χ1n) is 6.35. The number of hydrogen-bond donors (Lipinski definition) is 6. The van der Waals surface area contributed by atoms with Crippen LogP contribution in [0, 0.1) is 0 Å². The Kier molecular flexibility index (Phi) is 9.50. The number of cyclic esters (lactones) is 2. The molecule has 0 aromatic rings. The SMILES string of the molecule is O=C1O[C@H]([C@@H](O)CO)C([O-])=C1O.O=C1O[C@H]([C@@H](O)CO)C([O-])=C1O.[Ca+2]. The van der Waals surface area contributed by atoms with Gasteiger partial charge in [0, 0.05) is 0 Å². The van der Waals surface area contributed by atoms with Crippen LogP contribution in [-0.4, -0.2) is 118 Å². The number of rotatable bonds is 4. The minimum atomic E-state index is -1.48. The van der Waals surface area contributed by atoms with Gasteiger partial charge in [-0.05, 0) is 11.5 Å². The third-order valence-electron chi connectivity index (χ3n) is 2.91. The first kappa shape index (κ1) is 23.7. The van der Waals surface area contributed by atoms with E-state index in [2.05, 4.69) is 9.47 Å². The van der Waals surface area contributed by atoms with Crippen molar-refractivity contribution in [3.05, 3.63) is 23.0 Å². The van der Waals surface area contributed by atoms with Crippen LogP contribution in [0.1, 0.15) is 0 Å². The van der Waals surface area contributed by atoms with Crippen molar-refractivity contribution in [3.8, 4) is 0 Å². The quantitative estimate of drug-likeness (QED) is 0.195. The van der Waals surface area contributed by atoms with Crippen molar-refractivity contribution >= 4 is 49.7 Å². The number of aliphatic hydroxyl groups is 6. The summed E-state index contributed by atoms with van der Waals surface area (Å²) in [5.74, 6) is -6.40. The summed E-state index contributed by atoms with van der Waals surface area (Å²) in [6.07, 6.45) is -5.90. The Morgan fingerprint density at radius 1 is 0.840 bits per heavy atom. The molecular formula is C12H14CaO12. The molecule has 0 radical (unpaired) electrons. The molecule has 2 aliphatic rings. The molecule has 12 nitrogen and oxygen atoms in total. The zero-order valence-electron chi connectivity index (χ0n) is 12.6. The molecule has 6 N–H and O–H groups in total. The van der Waals surface area contributed by atoms with Gasteiger partial charge in [0.1, 0.15) is 24.4 Å². The monoisotopic (exact) mass is 390 g/mol. The minimum Gasteiger partial charge on any atom is -0.870 e. The van der Waals surface area contributed by atoms with Crippen LogP contribution in [0.5, 0.6) is 0 Å². The van der Waals surface area contributed by atoms with E-state index in [4.69, 9.17) is 30.6 Å². The Labute approximate surface area is 169 Å². The van der Waals surface area contributed by atoms with Gasteiger partial charge in [-0.15, -0.1) is 0 Å². The van der Waals surface area contributed by atoms with E-state index in [1.54, 1.807) is 0 Å². The molecule has 136 valence electrons. The number of ether oxygens (including phenoxy) is 2. The molecule has 2 heterocycles. The number of hydrogen-bond acceptors (Lipinski definition) is 12. The molecule has 25 heavy (non-hydrogen) atoms. The molecule has 4 atom stereocenters. The Balaban J connectivity index is 0.000000443. The number of aliphatic hydroxyl groups excluding tert-OH is 6. The fourth-order valence-corrected chi connectivity index (χ4v) is 1.62.